The van der Waals surface area contributed by atoms with Gasteiger partial charge in [0.2, 0.25) is 0 Å². The van der Waals surface area contributed by atoms with Crippen molar-refractivity contribution in [1.82, 2.24) is 5.01 Å². The van der Waals surface area contributed by atoms with Gasteiger partial charge in [-0.2, -0.15) is 0 Å². The van der Waals surface area contributed by atoms with E-state index in [-0.39, 0.29) is 0 Å². The van der Waals surface area contributed by atoms with Crippen LogP contribution in [-0.4, -0.2) is 23.1 Å². The van der Waals surface area contributed by atoms with Crippen LogP contribution < -0.4 is 0 Å². The largest absolute Gasteiger partial charge is 0.386 e. The highest BCUT2D eigenvalue weighted by molar-refractivity contribution is 5.18. The minimum Gasteiger partial charge on any atom is -0.386 e. The third-order valence-corrected chi connectivity index (χ3v) is 2.07. The lowest BCUT2D eigenvalue weighted by atomic mass is 10.0. The molecule has 0 aliphatic heterocycles. The smallest absolute Gasteiger partial charge is 0.101 e. The highest BCUT2D eigenvalue weighted by Crippen LogP contribution is 2.19. The molecule has 0 aromatic heterocycles. The third-order valence-electron chi connectivity index (χ3n) is 2.07. The Morgan fingerprint density at radius 1 is 1.50 bits per heavy atom. The molecule has 0 aliphatic rings. The number of likely N-dealkylation sites (N-methyl/N-ethyl adjacent to an activating group) is 1. The molecule has 4 heteroatoms. The fourth-order valence-electron chi connectivity index (χ4n) is 1.14. The fraction of sp³-hybridized carbons (Fsp3) is 0.400. The maximum atomic E-state index is 10.5. The number of benzene rings is 1. The molecule has 1 aromatic carbocycles. The molecule has 2 atom stereocenters. The van der Waals surface area contributed by atoms with Gasteiger partial charge in [0, 0.05) is 11.1 Å². The molecule has 0 fully saturated rings. The molecule has 0 saturated carbocycles. The predicted molar refractivity (Wildman–Crippen MR) is 54.4 cm³/mol. The Bertz CT molecular complexity index is 370. The van der Waals surface area contributed by atoms with Crippen LogP contribution in [0.2, 0.25) is 0 Å². The van der Waals surface area contributed by atoms with E-state index in [0.717, 1.165) is 0 Å². The van der Waals surface area contributed by atoms with Crippen LogP contribution in [0.3, 0.4) is 0 Å². The molecule has 0 amide bonds. The molecular formula is C10H14N2O2. The Morgan fingerprint density at radius 2 is 2.14 bits per heavy atom. The first-order chi connectivity index (χ1) is 7.88. The van der Waals surface area contributed by atoms with E-state index in [1.54, 1.807) is 30.3 Å². The molecule has 0 heterocycles. The molecule has 1 aromatic rings. The molecule has 0 radical (unpaired) electrons. The summed E-state index contributed by atoms with van der Waals surface area (Å²) in [5.74, 6) is 0. The van der Waals surface area contributed by atoms with E-state index >= 15 is 0 Å². The van der Waals surface area contributed by atoms with Gasteiger partial charge in [0.05, 0.1) is 11.3 Å². The molecule has 0 unspecified atom stereocenters. The first-order valence-electron chi connectivity index (χ1n) is 5.73. The van der Waals surface area contributed by atoms with Gasteiger partial charge < -0.3 is 5.11 Å². The van der Waals surface area contributed by atoms with Gasteiger partial charge in [-0.25, -0.2) is 0 Å². The number of aliphatic hydroxyl groups excluding tert-OH is 1. The topological polar surface area (TPSA) is 52.9 Å². The van der Waals surface area contributed by atoms with Crippen molar-refractivity contribution in [2.24, 2.45) is 5.29 Å². The van der Waals surface area contributed by atoms with Gasteiger partial charge in [-0.05, 0) is 12.5 Å². The van der Waals surface area contributed by atoms with Gasteiger partial charge in [-0.15, -0.1) is 4.91 Å². The summed E-state index contributed by atoms with van der Waals surface area (Å²) in [5, 5.41) is 12.8. The minimum atomic E-state index is -2.66. The summed E-state index contributed by atoms with van der Waals surface area (Å²) in [6.07, 6.45) is -1.09. The zero-order chi connectivity index (χ0) is 13.1. The summed E-state index contributed by atoms with van der Waals surface area (Å²) >= 11 is 0. The lowest BCUT2D eigenvalue weighted by Crippen LogP contribution is -2.29. The zero-order valence-corrected chi connectivity index (χ0v) is 7.79. The number of hydrogen-bond acceptors (Lipinski definition) is 3. The van der Waals surface area contributed by atoms with Crippen molar-refractivity contribution in [1.29, 1.82) is 0 Å². The Morgan fingerprint density at radius 3 is 2.64 bits per heavy atom. The van der Waals surface area contributed by atoms with Crippen molar-refractivity contribution in [3.8, 4) is 0 Å². The lowest BCUT2D eigenvalue weighted by Gasteiger charge is -2.23. The lowest BCUT2D eigenvalue weighted by molar-refractivity contribution is 0.0733. The first kappa shape index (κ1) is 6.95. The third kappa shape index (κ3) is 2.29. The van der Waals surface area contributed by atoms with Crippen molar-refractivity contribution in [2.45, 2.75) is 19.1 Å². The normalized spacial score (nSPS) is 18.6. The molecule has 14 heavy (non-hydrogen) atoms. The van der Waals surface area contributed by atoms with Crippen LogP contribution in [-0.2, 0) is 0 Å². The van der Waals surface area contributed by atoms with Gasteiger partial charge in [-0.1, -0.05) is 30.3 Å². The number of nitroso groups, excluding NO2 is 1. The summed E-state index contributed by atoms with van der Waals surface area (Å²) < 4.78 is 21.4. The molecule has 1 N–H and O–H groups in total. The van der Waals surface area contributed by atoms with Crippen LogP contribution in [0.1, 0.15) is 22.7 Å². The Hall–Kier alpha value is -1.42. The highest BCUT2D eigenvalue weighted by Gasteiger charge is 2.19. The Balaban J connectivity index is 2.89. The van der Waals surface area contributed by atoms with Crippen molar-refractivity contribution < 1.29 is 9.22 Å². The second kappa shape index (κ2) is 4.72. The van der Waals surface area contributed by atoms with Gasteiger partial charge in [-0.3, -0.25) is 5.01 Å². The van der Waals surface area contributed by atoms with Gasteiger partial charge in [0.1, 0.15) is 6.10 Å². The minimum absolute atomic E-state index is 0.394. The van der Waals surface area contributed by atoms with E-state index < -0.39 is 19.1 Å². The molecule has 76 valence electrons. The van der Waals surface area contributed by atoms with Crippen molar-refractivity contribution >= 4 is 0 Å². The van der Waals surface area contributed by atoms with Crippen LogP contribution >= 0.6 is 0 Å². The van der Waals surface area contributed by atoms with Crippen LogP contribution in [0.4, 0.5) is 0 Å². The maximum Gasteiger partial charge on any atom is 0.101 e. The SMILES string of the molecule is [2H]C([2H])([2H])N(N=O)[C@@H](C)[C@H](O)c1ccccc1. The Labute approximate surface area is 87.3 Å². The summed E-state index contributed by atoms with van der Waals surface area (Å²) in [5.41, 5.74) is 0.540. The summed E-state index contributed by atoms with van der Waals surface area (Å²) in [6.45, 7) is -1.22. The number of hydrogen-bond donors (Lipinski definition) is 1. The van der Waals surface area contributed by atoms with Crippen molar-refractivity contribution in [3.63, 3.8) is 0 Å². The Kier molecular flexibility index (Phi) is 2.34. The van der Waals surface area contributed by atoms with Crippen LogP contribution in [0, 0.1) is 4.91 Å². The summed E-state index contributed by atoms with van der Waals surface area (Å²) in [6, 6.07) is 7.61. The second-order valence-corrected chi connectivity index (χ2v) is 3.02. The monoisotopic (exact) mass is 197 g/mol. The van der Waals surface area contributed by atoms with E-state index in [1.165, 1.54) is 6.92 Å². The van der Waals surface area contributed by atoms with Crippen molar-refractivity contribution in [3.05, 3.63) is 40.8 Å². The van der Waals surface area contributed by atoms with Crippen LogP contribution in [0.5, 0.6) is 0 Å². The van der Waals surface area contributed by atoms with Gasteiger partial charge >= 0.3 is 0 Å². The van der Waals surface area contributed by atoms with E-state index in [2.05, 4.69) is 5.29 Å². The van der Waals surface area contributed by atoms with E-state index in [1.807, 2.05) is 0 Å². The van der Waals surface area contributed by atoms with E-state index in [0.29, 0.717) is 10.6 Å². The van der Waals surface area contributed by atoms with Gasteiger partial charge in [0.25, 0.3) is 0 Å². The maximum absolute atomic E-state index is 10.5. The van der Waals surface area contributed by atoms with Crippen LogP contribution in [0.15, 0.2) is 35.6 Å². The second-order valence-electron chi connectivity index (χ2n) is 3.02. The summed E-state index contributed by atoms with van der Waals surface area (Å²) in [7, 11) is 0. The predicted octanol–water partition coefficient (Wildman–Crippen LogP) is 1.72. The first-order valence-corrected chi connectivity index (χ1v) is 4.23. The molecule has 4 nitrogen and oxygen atoms in total. The van der Waals surface area contributed by atoms with Gasteiger partial charge in [0.15, 0.2) is 0 Å². The molecule has 0 saturated heterocycles. The standard InChI is InChI=1S/C10H14N2O2/c1-8(12(2)11-14)10(13)9-6-4-3-5-7-9/h3-8,10,13H,1-2H3/t8-,10-/m0/s1/i2D3. The molecule has 0 aliphatic carbocycles. The molecular weight excluding hydrogens is 180 g/mol. The zero-order valence-electron chi connectivity index (χ0n) is 10.8. The van der Waals surface area contributed by atoms with E-state index in [4.69, 9.17) is 4.11 Å². The van der Waals surface area contributed by atoms with Crippen LogP contribution in [0.25, 0.3) is 0 Å². The average Bonchev–Trinajstić information content (AvgIpc) is 2.28. The number of nitrogens with zero attached hydrogens (tertiary/aromatic N) is 2. The van der Waals surface area contributed by atoms with Crippen molar-refractivity contribution in [2.75, 3.05) is 6.98 Å². The highest BCUT2D eigenvalue weighted by atomic mass is 16.3. The number of rotatable bonds is 4. The fourth-order valence-corrected chi connectivity index (χ4v) is 1.14. The molecule has 0 spiro atoms. The molecule has 0 bridgehead atoms. The number of aliphatic hydroxyl groups is 1. The average molecular weight is 197 g/mol. The van der Waals surface area contributed by atoms with E-state index in [9.17, 15) is 10.0 Å². The summed E-state index contributed by atoms with van der Waals surface area (Å²) in [4.78, 5) is 10.5. The molecule has 1 rings (SSSR count). The quantitative estimate of drug-likeness (QED) is 0.590.